The topological polar surface area (TPSA) is 63.8 Å². The van der Waals surface area contributed by atoms with Crippen LogP contribution in [0.25, 0.3) is 11.4 Å². The zero-order chi connectivity index (χ0) is 14.7. The molecule has 1 heterocycles. The number of anilines is 1. The number of aromatic nitrogens is 2. The van der Waals surface area contributed by atoms with Gasteiger partial charge in [0.05, 0.1) is 5.02 Å². The van der Waals surface area contributed by atoms with Gasteiger partial charge in [-0.05, 0) is 30.5 Å². The molecule has 0 aliphatic carbocycles. The fraction of sp³-hybridized carbons (Fsp3) is 0.286. The van der Waals surface area contributed by atoms with Crippen LogP contribution in [0.4, 0.5) is 5.82 Å². The van der Waals surface area contributed by atoms with Crippen molar-refractivity contribution in [1.82, 2.24) is 9.97 Å². The second kappa shape index (κ2) is 6.52. The molecule has 0 atom stereocenters. The summed E-state index contributed by atoms with van der Waals surface area (Å²) in [6.45, 7) is 4.29. The maximum atomic E-state index is 6.26. The highest BCUT2D eigenvalue weighted by atomic mass is 79.9. The van der Waals surface area contributed by atoms with E-state index in [1.54, 1.807) is 0 Å². The van der Waals surface area contributed by atoms with Crippen LogP contribution in [0.3, 0.4) is 0 Å². The van der Waals surface area contributed by atoms with E-state index in [4.69, 9.17) is 17.4 Å². The van der Waals surface area contributed by atoms with Crippen LogP contribution < -0.4 is 11.3 Å². The molecule has 1 aromatic heterocycles. The Hall–Kier alpha value is -1.17. The van der Waals surface area contributed by atoms with E-state index in [0.29, 0.717) is 22.6 Å². The van der Waals surface area contributed by atoms with Gasteiger partial charge >= 0.3 is 0 Å². The summed E-state index contributed by atoms with van der Waals surface area (Å²) in [5.41, 5.74) is 4.31. The number of halogens is 2. The van der Waals surface area contributed by atoms with Crippen molar-refractivity contribution in [2.75, 3.05) is 5.43 Å². The highest BCUT2D eigenvalue weighted by molar-refractivity contribution is 9.10. The molecule has 0 radical (unpaired) electrons. The van der Waals surface area contributed by atoms with Crippen molar-refractivity contribution in [2.24, 2.45) is 11.8 Å². The molecule has 0 bridgehead atoms. The molecule has 0 saturated heterocycles. The smallest absolute Gasteiger partial charge is 0.163 e. The number of hydrogen-bond donors (Lipinski definition) is 2. The van der Waals surface area contributed by atoms with Gasteiger partial charge in [-0.3, -0.25) is 0 Å². The monoisotopic (exact) mass is 354 g/mol. The van der Waals surface area contributed by atoms with Crippen LogP contribution in [0.15, 0.2) is 28.7 Å². The second-order valence-corrected chi connectivity index (χ2v) is 6.26. The Morgan fingerprint density at radius 1 is 1.30 bits per heavy atom. The first kappa shape index (κ1) is 15.2. The third-order valence-electron chi connectivity index (χ3n) is 2.72. The zero-order valence-electron chi connectivity index (χ0n) is 11.3. The van der Waals surface area contributed by atoms with Crippen LogP contribution in [-0.2, 0) is 6.42 Å². The molecule has 2 aromatic rings. The molecule has 0 aliphatic heterocycles. The summed E-state index contributed by atoms with van der Waals surface area (Å²) >= 11 is 9.64. The van der Waals surface area contributed by atoms with Gasteiger partial charge in [0.25, 0.3) is 0 Å². The van der Waals surface area contributed by atoms with E-state index in [1.165, 1.54) is 0 Å². The lowest BCUT2D eigenvalue weighted by atomic mass is 10.1. The highest BCUT2D eigenvalue weighted by Gasteiger charge is 2.11. The van der Waals surface area contributed by atoms with Gasteiger partial charge in [-0.15, -0.1) is 0 Å². The van der Waals surface area contributed by atoms with Crippen molar-refractivity contribution in [2.45, 2.75) is 20.3 Å². The number of nitrogens with zero attached hydrogens (tertiary/aromatic N) is 2. The third-order valence-corrected chi connectivity index (χ3v) is 3.52. The van der Waals surface area contributed by atoms with Crippen molar-refractivity contribution in [3.05, 3.63) is 39.5 Å². The van der Waals surface area contributed by atoms with Crippen molar-refractivity contribution in [3.63, 3.8) is 0 Å². The van der Waals surface area contributed by atoms with Crippen molar-refractivity contribution in [1.29, 1.82) is 0 Å². The number of nitrogen functional groups attached to an aromatic ring is 1. The fourth-order valence-corrected chi connectivity index (χ4v) is 2.64. The summed E-state index contributed by atoms with van der Waals surface area (Å²) in [5.74, 6) is 7.15. The first-order chi connectivity index (χ1) is 9.49. The van der Waals surface area contributed by atoms with E-state index in [0.717, 1.165) is 22.2 Å². The summed E-state index contributed by atoms with van der Waals surface area (Å²) < 4.78 is 0.918. The largest absolute Gasteiger partial charge is 0.308 e. The van der Waals surface area contributed by atoms with Gasteiger partial charge in [0.15, 0.2) is 5.82 Å². The van der Waals surface area contributed by atoms with E-state index in [-0.39, 0.29) is 0 Å². The molecular formula is C14H16BrClN4. The molecule has 20 heavy (non-hydrogen) atoms. The number of benzene rings is 1. The van der Waals surface area contributed by atoms with Crippen molar-refractivity contribution >= 4 is 33.3 Å². The van der Waals surface area contributed by atoms with E-state index in [2.05, 4.69) is 45.2 Å². The molecule has 1 aromatic carbocycles. The molecule has 106 valence electrons. The van der Waals surface area contributed by atoms with Gasteiger partial charge in [-0.2, -0.15) is 0 Å². The van der Waals surface area contributed by atoms with Crippen LogP contribution in [0, 0.1) is 5.92 Å². The lowest BCUT2D eigenvalue weighted by Gasteiger charge is -2.10. The summed E-state index contributed by atoms with van der Waals surface area (Å²) in [4.78, 5) is 8.95. The third kappa shape index (κ3) is 3.69. The predicted molar refractivity (Wildman–Crippen MR) is 86.5 cm³/mol. The van der Waals surface area contributed by atoms with Crippen LogP contribution in [-0.4, -0.2) is 9.97 Å². The molecule has 0 fully saturated rings. The standard InChI is InChI=1S/C14H16BrClN4/c1-8(2)5-10-7-13(20-17)19-14(18-10)11-4-3-9(15)6-12(11)16/h3-4,6-8H,5,17H2,1-2H3,(H,18,19,20). The molecule has 0 aliphatic rings. The summed E-state index contributed by atoms with van der Waals surface area (Å²) in [7, 11) is 0. The average Bonchev–Trinajstić information content (AvgIpc) is 2.37. The van der Waals surface area contributed by atoms with E-state index < -0.39 is 0 Å². The maximum absolute atomic E-state index is 6.26. The Morgan fingerprint density at radius 3 is 2.65 bits per heavy atom. The lowest BCUT2D eigenvalue weighted by Crippen LogP contribution is -2.11. The second-order valence-electron chi connectivity index (χ2n) is 4.93. The van der Waals surface area contributed by atoms with Crippen LogP contribution >= 0.6 is 27.5 Å². The summed E-state index contributed by atoms with van der Waals surface area (Å²) in [5, 5.41) is 0.601. The fourth-order valence-electron chi connectivity index (χ4n) is 1.89. The highest BCUT2D eigenvalue weighted by Crippen LogP contribution is 2.29. The molecule has 6 heteroatoms. The predicted octanol–water partition coefficient (Wildman–Crippen LogP) is 4.04. The number of nitrogens with two attached hydrogens (primary N) is 1. The molecule has 0 amide bonds. The number of rotatable bonds is 4. The summed E-state index contributed by atoms with van der Waals surface area (Å²) in [6, 6.07) is 7.48. The molecule has 4 nitrogen and oxygen atoms in total. The normalized spacial score (nSPS) is 10.9. The van der Waals surface area contributed by atoms with Crippen molar-refractivity contribution < 1.29 is 0 Å². The Bertz CT molecular complexity index is 616. The molecule has 0 spiro atoms. The zero-order valence-corrected chi connectivity index (χ0v) is 13.7. The minimum absolute atomic E-state index is 0.503. The maximum Gasteiger partial charge on any atom is 0.163 e. The van der Waals surface area contributed by atoms with Gasteiger partial charge in [0.1, 0.15) is 5.82 Å². The average molecular weight is 356 g/mol. The van der Waals surface area contributed by atoms with Gasteiger partial charge in [-0.1, -0.05) is 41.4 Å². The Kier molecular flexibility index (Phi) is 4.96. The van der Waals surface area contributed by atoms with E-state index in [1.807, 2.05) is 24.3 Å². The van der Waals surface area contributed by atoms with E-state index >= 15 is 0 Å². The van der Waals surface area contributed by atoms with Gasteiger partial charge < -0.3 is 5.43 Å². The van der Waals surface area contributed by atoms with E-state index in [9.17, 15) is 0 Å². The van der Waals surface area contributed by atoms with Crippen LogP contribution in [0.5, 0.6) is 0 Å². The van der Waals surface area contributed by atoms with Crippen molar-refractivity contribution in [3.8, 4) is 11.4 Å². The Labute approximate surface area is 131 Å². The van der Waals surface area contributed by atoms with Gasteiger partial charge in [0, 0.05) is 21.8 Å². The quantitative estimate of drug-likeness (QED) is 0.641. The first-order valence-corrected chi connectivity index (χ1v) is 7.46. The minimum atomic E-state index is 0.503. The number of hydrazine groups is 1. The van der Waals surface area contributed by atoms with Gasteiger partial charge in [-0.25, -0.2) is 15.8 Å². The molecule has 0 unspecified atom stereocenters. The van der Waals surface area contributed by atoms with Crippen LogP contribution in [0.2, 0.25) is 5.02 Å². The Balaban J connectivity index is 2.49. The summed E-state index contributed by atoms with van der Waals surface area (Å²) in [6.07, 6.45) is 0.859. The van der Waals surface area contributed by atoms with Crippen LogP contribution in [0.1, 0.15) is 19.5 Å². The lowest BCUT2D eigenvalue weighted by molar-refractivity contribution is 0.635. The molecule has 0 saturated carbocycles. The molecular weight excluding hydrogens is 340 g/mol. The molecule has 3 N–H and O–H groups in total. The minimum Gasteiger partial charge on any atom is -0.308 e. The first-order valence-electron chi connectivity index (χ1n) is 6.29. The van der Waals surface area contributed by atoms with Gasteiger partial charge in [0.2, 0.25) is 0 Å². The Morgan fingerprint density at radius 2 is 2.05 bits per heavy atom. The SMILES string of the molecule is CC(C)Cc1cc(NN)nc(-c2ccc(Br)cc2Cl)n1. The molecule has 2 rings (SSSR count). The number of hydrogen-bond acceptors (Lipinski definition) is 4. The number of nitrogens with one attached hydrogen (secondary N) is 1.